The van der Waals surface area contributed by atoms with Gasteiger partial charge in [0, 0.05) is 0 Å². The van der Waals surface area contributed by atoms with Gasteiger partial charge >= 0.3 is 5.97 Å². The number of hydrogen-bond acceptors (Lipinski definition) is 5. The number of esters is 1. The molecule has 0 fully saturated rings. The van der Waals surface area contributed by atoms with Crippen molar-refractivity contribution < 1.29 is 9.53 Å². The molecule has 0 unspecified atom stereocenters. The predicted octanol–water partition coefficient (Wildman–Crippen LogP) is 1.67. The summed E-state index contributed by atoms with van der Waals surface area (Å²) < 4.78 is 12.9. The van der Waals surface area contributed by atoms with E-state index in [9.17, 15) is 4.79 Å². The monoisotopic (exact) mass is 207 g/mol. The van der Waals surface area contributed by atoms with Crippen LogP contribution in [-0.4, -0.2) is 21.3 Å². The highest BCUT2D eigenvalue weighted by molar-refractivity contribution is 7.00. The number of rotatable bonds is 2. The van der Waals surface area contributed by atoms with Crippen molar-refractivity contribution >= 4 is 28.7 Å². The largest absolute Gasteiger partial charge is 0.462 e. The van der Waals surface area contributed by atoms with Gasteiger partial charge in [-0.25, -0.2) is 4.79 Å². The van der Waals surface area contributed by atoms with Crippen LogP contribution in [0.2, 0.25) is 0 Å². The van der Waals surface area contributed by atoms with Crippen LogP contribution < -0.4 is 0 Å². The summed E-state index contributed by atoms with van der Waals surface area (Å²) in [5.41, 5.74) is 1.63. The zero-order valence-corrected chi connectivity index (χ0v) is 8.30. The van der Waals surface area contributed by atoms with E-state index in [0.29, 0.717) is 23.2 Å². The summed E-state index contributed by atoms with van der Waals surface area (Å²) in [6, 6.07) is 6.23. The molecule has 0 spiro atoms. The minimum atomic E-state index is -0.397. The number of ether oxygens (including phenoxy) is 1. The second-order valence-corrected chi connectivity index (χ2v) is 3.10. The molecule has 2 rings (SSSR count). The average molecular weight is 207 g/mol. The Balaban J connectivity index is 2.50. The molecule has 0 saturated carbocycles. The molecule has 1 radical (unpaired) electrons. The van der Waals surface area contributed by atoms with E-state index in [-0.39, 0.29) is 0 Å². The van der Waals surface area contributed by atoms with Crippen LogP contribution in [-0.2, 0) is 4.74 Å². The normalized spacial score (nSPS) is 10.4. The van der Waals surface area contributed by atoms with E-state index in [0.717, 1.165) is 11.7 Å². The van der Waals surface area contributed by atoms with Crippen molar-refractivity contribution in [2.45, 2.75) is 6.92 Å². The minimum Gasteiger partial charge on any atom is -0.462 e. The molecule has 1 aromatic carbocycles. The van der Waals surface area contributed by atoms with E-state index in [2.05, 4.69) is 14.8 Å². The number of benzene rings is 1. The summed E-state index contributed by atoms with van der Waals surface area (Å²) in [5, 5.41) is 0. The molecule has 0 amide bonds. The first kappa shape index (κ1) is 9.08. The summed E-state index contributed by atoms with van der Waals surface area (Å²) >= 11 is 1.07. The van der Waals surface area contributed by atoms with Crippen molar-refractivity contribution in [3.8, 4) is 0 Å². The second kappa shape index (κ2) is 3.71. The zero-order valence-electron chi connectivity index (χ0n) is 7.48. The van der Waals surface area contributed by atoms with Gasteiger partial charge < -0.3 is 4.74 Å². The van der Waals surface area contributed by atoms with Gasteiger partial charge in [-0.15, -0.1) is 0 Å². The third-order valence-corrected chi connectivity index (χ3v) is 2.24. The van der Waals surface area contributed by atoms with Crippen LogP contribution >= 0.6 is 11.7 Å². The fourth-order valence-corrected chi connectivity index (χ4v) is 1.65. The summed E-state index contributed by atoms with van der Waals surface area (Å²) in [5.74, 6) is -0.397. The Morgan fingerprint density at radius 3 is 3.29 bits per heavy atom. The van der Waals surface area contributed by atoms with Gasteiger partial charge in [0.1, 0.15) is 11.0 Å². The summed E-state index contributed by atoms with van der Waals surface area (Å²) in [6.45, 7) is 2.11. The molecule has 0 saturated heterocycles. The van der Waals surface area contributed by atoms with Crippen LogP contribution in [0.25, 0.3) is 11.0 Å². The van der Waals surface area contributed by atoms with E-state index < -0.39 is 5.97 Å². The molecular formula is C9H7N2O2S. The van der Waals surface area contributed by atoms with E-state index in [1.807, 2.05) is 0 Å². The Bertz CT molecular complexity index is 467. The molecule has 0 N–H and O–H groups in total. The highest BCUT2D eigenvalue weighted by Gasteiger charge is 2.13. The Morgan fingerprint density at radius 1 is 1.64 bits per heavy atom. The molecule has 0 aliphatic carbocycles. The number of nitrogens with zero attached hydrogens (tertiary/aromatic N) is 2. The van der Waals surface area contributed by atoms with Crippen molar-refractivity contribution in [3.63, 3.8) is 0 Å². The number of aromatic nitrogens is 2. The number of hydrogen-bond donors (Lipinski definition) is 0. The Morgan fingerprint density at radius 2 is 2.50 bits per heavy atom. The van der Waals surface area contributed by atoms with E-state index in [1.54, 1.807) is 19.1 Å². The lowest BCUT2D eigenvalue weighted by atomic mass is 10.2. The SMILES string of the molecule is CCOC(=O)c1[c]ccc2nsnc12. The number of fused-ring (bicyclic) bond motifs is 1. The molecule has 2 aromatic rings. The zero-order chi connectivity index (χ0) is 9.97. The second-order valence-electron chi connectivity index (χ2n) is 2.57. The van der Waals surface area contributed by atoms with E-state index in [4.69, 9.17) is 4.74 Å². The van der Waals surface area contributed by atoms with Crippen molar-refractivity contribution in [2.75, 3.05) is 6.61 Å². The first-order valence-corrected chi connectivity index (χ1v) is 4.86. The van der Waals surface area contributed by atoms with Crippen molar-refractivity contribution in [1.29, 1.82) is 0 Å². The molecular weight excluding hydrogens is 200 g/mol. The molecule has 71 valence electrons. The first-order chi connectivity index (χ1) is 6.83. The fraction of sp³-hybridized carbons (Fsp3) is 0.222. The Labute approximate surface area is 84.8 Å². The van der Waals surface area contributed by atoms with Crippen molar-refractivity contribution in [3.05, 3.63) is 23.8 Å². The molecule has 1 aromatic heterocycles. The fourth-order valence-electron chi connectivity index (χ4n) is 1.11. The minimum absolute atomic E-state index is 0.348. The smallest absolute Gasteiger partial charge is 0.341 e. The molecule has 0 aliphatic heterocycles. The van der Waals surface area contributed by atoms with Crippen LogP contribution in [0.15, 0.2) is 12.1 Å². The molecule has 5 heteroatoms. The Hall–Kier alpha value is -1.49. The van der Waals surface area contributed by atoms with Crippen LogP contribution in [0.4, 0.5) is 0 Å². The maximum atomic E-state index is 11.4. The Kier molecular flexibility index (Phi) is 2.41. The molecule has 0 atom stereocenters. The van der Waals surface area contributed by atoms with Gasteiger partial charge in [-0.2, -0.15) is 8.75 Å². The maximum Gasteiger partial charge on any atom is 0.341 e. The first-order valence-electron chi connectivity index (χ1n) is 4.13. The predicted molar refractivity (Wildman–Crippen MR) is 52.2 cm³/mol. The van der Waals surface area contributed by atoms with Crippen LogP contribution in [0.1, 0.15) is 17.3 Å². The van der Waals surface area contributed by atoms with Crippen LogP contribution in [0.3, 0.4) is 0 Å². The lowest BCUT2D eigenvalue weighted by molar-refractivity contribution is 0.0528. The summed E-state index contributed by atoms with van der Waals surface area (Å²) in [7, 11) is 0. The van der Waals surface area contributed by atoms with Crippen molar-refractivity contribution in [2.24, 2.45) is 0 Å². The quantitative estimate of drug-likeness (QED) is 0.703. The van der Waals surface area contributed by atoms with Gasteiger partial charge in [0.25, 0.3) is 0 Å². The molecule has 1 heterocycles. The number of carbonyl (C=O) groups excluding carboxylic acids is 1. The lowest BCUT2D eigenvalue weighted by Crippen LogP contribution is -2.05. The highest BCUT2D eigenvalue weighted by Crippen LogP contribution is 2.16. The summed E-state index contributed by atoms with van der Waals surface area (Å²) in [4.78, 5) is 11.4. The van der Waals surface area contributed by atoms with Crippen LogP contribution in [0.5, 0.6) is 0 Å². The average Bonchev–Trinajstić information content (AvgIpc) is 2.65. The standard InChI is InChI=1S/C9H7N2O2S/c1-2-13-9(12)6-4-3-5-7-8(6)11-14-10-7/h3,5H,2H2,1H3. The van der Waals surface area contributed by atoms with Crippen molar-refractivity contribution in [1.82, 2.24) is 8.75 Å². The van der Waals surface area contributed by atoms with Gasteiger partial charge in [-0.05, 0) is 19.1 Å². The maximum absolute atomic E-state index is 11.4. The molecule has 4 nitrogen and oxygen atoms in total. The summed E-state index contributed by atoms with van der Waals surface area (Å²) in [6.07, 6.45) is 0. The van der Waals surface area contributed by atoms with Gasteiger partial charge in [0.2, 0.25) is 0 Å². The van der Waals surface area contributed by atoms with Gasteiger partial charge in [0.15, 0.2) is 0 Å². The van der Waals surface area contributed by atoms with Crippen LogP contribution in [0, 0.1) is 6.07 Å². The van der Waals surface area contributed by atoms with E-state index >= 15 is 0 Å². The molecule has 14 heavy (non-hydrogen) atoms. The van der Waals surface area contributed by atoms with Gasteiger partial charge in [-0.1, -0.05) is 6.07 Å². The lowest BCUT2D eigenvalue weighted by Gasteiger charge is -2.00. The molecule has 0 aliphatic rings. The number of carbonyl (C=O) groups is 1. The highest BCUT2D eigenvalue weighted by atomic mass is 32.1. The topological polar surface area (TPSA) is 52.1 Å². The third kappa shape index (κ3) is 1.46. The molecule has 0 bridgehead atoms. The van der Waals surface area contributed by atoms with Gasteiger partial charge in [-0.3, -0.25) is 0 Å². The van der Waals surface area contributed by atoms with E-state index in [1.165, 1.54) is 0 Å². The third-order valence-electron chi connectivity index (χ3n) is 1.70. The van der Waals surface area contributed by atoms with Gasteiger partial charge in [0.05, 0.1) is 23.9 Å².